The molecule has 1 fully saturated rings. The van der Waals surface area contributed by atoms with Crippen molar-refractivity contribution < 1.29 is 4.74 Å². The summed E-state index contributed by atoms with van der Waals surface area (Å²) in [6, 6.07) is 12.1. The minimum atomic E-state index is -0.335. The summed E-state index contributed by atoms with van der Waals surface area (Å²) in [5.74, 6) is 1.94. The molecular formula is C24H27N3O3. The predicted molar refractivity (Wildman–Crippen MR) is 118 cm³/mol. The first-order valence-corrected chi connectivity index (χ1v) is 10.7. The number of aryl methyl sites for hydroxylation is 1. The fourth-order valence-corrected chi connectivity index (χ4v) is 5.54. The van der Waals surface area contributed by atoms with Gasteiger partial charge < -0.3 is 15.0 Å². The molecule has 3 atom stereocenters. The Bertz CT molecular complexity index is 1230. The van der Waals surface area contributed by atoms with E-state index in [0.29, 0.717) is 29.3 Å². The standard InChI is InChI=1S/C24H27N3O3/c1-14-5-3-7-19-21(14)23(28)27(24(29)26-19)12-11-18-22-15(13-25-18)9-10-16-17(22)6-4-8-20(16)30-2/h3-8,15,18,22,25H,9-13H2,1-2H3,(H,26,29)/t15-,18?,22+/m0/s1. The molecule has 5 rings (SSSR count). The van der Waals surface area contributed by atoms with Crippen LogP contribution in [0.1, 0.15) is 35.4 Å². The van der Waals surface area contributed by atoms with Gasteiger partial charge in [-0.2, -0.15) is 0 Å². The maximum absolute atomic E-state index is 13.0. The van der Waals surface area contributed by atoms with Crippen molar-refractivity contribution in [2.75, 3.05) is 13.7 Å². The first-order valence-electron chi connectivity index (χ1n) is 10.7. The van der Waals surface area contributed by atoms with Crippen molar-refractivity contribution in [3.8, 4) is 5.75 Å². The molecule has 0 radical (unpaired) electrons. The highest BCUT2D eigenvalue weighted by atomic mass is 16.5. The number of aromatic amines is 1. The number of nitrogens with one attached hydrogen (secondary N) is 2. The molecule has 2 heterocycles. The van der Waals surface area contributed by atoms with Gasteiger partial charge in [-0.15, -0.1) is 0 Å². The van der Waals surface area contributed by atoms with Crippen LogP contribution in [0, 0.1) is 12.8 Å². The summed E-state index contributed by atoms with van der Waals surface area (Å²) in [4.78, 5) is 28.5. The summed E-state index contributed by atoms with van der Waals surface area (Å²) < 4.78 is 6.96. The van der Waals surface area contributed by atoms with Gasteiger partial charge in [0.25, 0.3) is 5.56 Å². The molecule has 1 aliphatic heterocycles. The summed E-state index contributed by atoms with van der Waals surface area (Å²) >= 11 is 0. The Hall–Kier alpha value is -2.86. The van der Waals surface area contributed by atoms with Crippen molar-refractivity contribution >= 4 is 10.9 Å². The van der Waals surface area contributed by atoms with Gasteiger partial charge in [0.15, 0.2) is 0 Å². The molecule has 1 aliphatic carbocycles. The second kappa shape index (κ2) is 7.43. The monoisotopic (exact) mass is 405 g/mol. The zero-order valence-corrected chi connectivity index (χ0v) is 17.4. The molecule has 0 amide bonds. The van der Waals surface area contributed by atoms with E-state index in [1.54, 1.807) is 13.2 Å². The summed E-state index contributed by atoms with van der Waals surface area (Å²) in [5.41, 5.74) is 3.62. The van der Waals surface area contributed by atoms with Crippen molar-refractivity contribution in [2.24, 2.45) is 5.92 Å². The van der Waals surface area contributed by atoms with Crippen LogP contribution in [0.25, 0.3) is 10.9 Å². The Labute approximate surface area is 174 Å². The summed E-state index contributed by atoms with van der Waals surface area (Å²) in [5, 5.41) is 4.27. The van der Waals surface area contributed by atoms with Gasteiger partial charge in [-0.3, -0.25) is 9.36 Å². The van der Waals surface area contributed by atoms with Crippen molar-refractivity contribution in [1.29, 1.82) is 0 Å². The van der Waals surface area contributed by atoms with Crippen LogP contribution in [0.4, 0.5) is 0 Å². The number of aromatic nitrogens is 2. The van der Waals surface area contributed by atoms with E-state index < -0.39 is 0 Å². The van der Waals surface area contributed by atoms with E-state index in [1.807, 2.05) is 25.1 Å². The van der Waals surface area contributed by atoms with Crippen LogP contribution >= 0.6 is 0 Å². The van der Waals surface area contributed by atoms with E-state index in [9.17, 15) is 9.59 Å². The smallest absolute Gasteiger partial charge is 0.328 e. The molecule has 1 aromatic heterocycles. The van der Waals surface area contributed by atoms with E-state index in [1.165, 1.54) is 15.7 Å². The second-order valence-corrected chi connectivity index (χ2v) is 8.54. The van der Waals surface area contributed by atoms with Crippen molar-refractivity contribution in [2.45, 2.75) is 44.7 Å². The highest BCUT2D eigenvalue weighted by Gasteiger charge is 2.40. The first-order chi connectivity index (χ1) is 14.6. The molecule has 6 nitrogen and oxygen atoms in total. The molecule has 3 aromatic rings. The molecule has 1 unspecified atom stereocenters. The highest BCUT2D eigenvalue weighted by Crippen LogP contribution is 2.45. The lowest BCUT2D eigenvalue weighted by Gasteiger charge is -2.32. The second-order valence-electron chi connectivity index (χ2n) is 8.54. The average Bonchev–Trinajstić information content (AvgIpc) is 3.16. The van der Waals surface area contributed by atoms with E-state index in [2.05, 4.69) is 22.4 Å². The van der Waals surface area contributed by atoms with E-state index in [4.69, 9.17) is 4.74 Å². The molecular weight excluding hydrogens is 378 g/mol. The molecule has 0 spiro atoms. The van der Waals surface area contributed by atoms with Gasteiger partial charge in [0.2, 0.25) is 0 Å². The Morgan fingerprint density at radius 2 is 2.00 bits per heavy atom. The minimum absolute atomic E-state index is 0.202. The number of benzene rings is 2. The third-order valence-electron chi connectivity index (χ3n) is 6.98. The molecule has 0 bridgehead atoms. The first kappa shape index (κ1) is 19.1. The predicted octanol–water partition coefficient (Wildman–Crippen LogP) is 2.71. The van der Waals surface area contributed by atoms with Gasteiger partial charge in [-0.25, -0.2) is 4.79 Å². The van der Waals surface area contributed by atoms with Crippen LogP contribution in [0.5, 0.6) is 5.75 Å². The van der Waals surface area contributed by atoms with E-state index in [-0.39, 0.29) is 17.3 Å². The maximum atomic E-state index is 13.0. The third kappa shape index (κ3) is 2.98. The number of ether oxygens (including phenoxy) is 1. The Kier molecular flexibility index (Phi) is 4.74. The van der Waals surface area contributed by atoms with Crippen LogP contribution < -0.4 is 21.3 Å². The molecule has 156 valence electrons. The molecule has 2 aliphatic rings. The van der Waals surface area contributed by atoms with Crippen LogP contribution in [0.3, 0.4) is 0 Å². The van der Waals surface area contributed by atoms with E-state index >= 15 is 0 Å². The molecule has 2 N–H and O–H groups in total. The third-order valence-corrected chi connectivity index (χ3v) is 6.98. The molecule has 2 aromatic carbocycles. The topological polar surface area (TPSA) is 76.1 Å². The summed E-state index contributed by atoms with van der Waals surface area (Å²) in [6.45, 7) is 3.29. The number of fused-ring (bicyclic) bond motifs is 4. The lowest BCUT2D eigenvalue weighted by molar-refractivity contribution is 0.371. The minimum Gasteiger partial charge on any atom is -0.496 e. The Balaban J connectivity index is 1.46. The van der Waals surface area contributed by atoms with Gasteiger partial charge in [-0.05, 0) is 67.5 Å². The number of methoxy groups -OCH3 is 1. The van der Waals surface area contributed by atoms with Crippen LogP contribution in [0.15, 0.2) is 46.0 Å². The van der Waals surface area contributed by atoms with Gasteiger partial charge >= 0.3 is 5.69 Å². The fraction of sp³-hybridized carbons (Fsp3) is 0.417. The van der Waals surface area contributed by atoms with Gasteiger partial charge in [-0.1, -0.05) is 24.3 Å². The quantitative estimate of drug-likeness (QED) is 0.700. The molecule has 30 heavy (non-hydrogen) atoms. The van der Waals surface area contributed by atoms with Crippen molar-refractivity contribution in [3.05, 3.63) is 73.9 Å². The average molecular weight is 405 g/mol. The lowest BCUT2D eigenvalue weighted by atomic mass is 9.73. The van der Waals surface area contributed by atoms with Gasteiger partial charge in [0, 0.05) is 18.5 Å². The number of H-pyrrole nitrogens is 1. The molecule has 1 saturated heterocycles. The number of rotatable bonds is 4. The van der Waals surface area contributed by atoms with Gasteiger partial charge in [0.05, 0.1) is 18.0 Å². The zero-order chi connectivity index (χ0) is 20.8. The number of hydrogen-bond donors (Lipinski definition) is 2. The SMILES string of the molecule is COc1cccc2c1CC[C@H]1CNC(CCn3c(=O)[nH]c4cccc(C)c4c3=O)[C@@H]21. The number of nitrogens with zero attached hydrogens (tertiary/aromatic N) is 1. The largest absolute Gasteiger partial charge is 0.496 e. The highest BCUT2D eigenvalue weighted by molar-refractivity contribution is 5.80. The van der Waals surface area contributed by atoms with Crippen LogP contribution in [-0.2, 0) is 13.0 Å². The normalized spacial score (nSPS) is 22.7. The van der Waals surface area contributed by atoms with Crippen LogP contribution in [-0.4, -0.2) is 29.2 Å². The number of hydrogen-bond acceptors (Lipinski definition) is 4. The van der Waals surface area contributed by atoms with E-state index in [0.717, 1.165) is 37.1 Å². The lowest BCUT2D eigenvalue weighted by Crippen LogP contribution is -2.38. The fourth-order valence-electron chi connectivity index (χ4n) is 5.54. The Morgan fingerprint density at radius 1 is 1.17 bits per heavy atom. The maximum Gasteiger partial charge on any atom is 0.328 e. The van der Waals surface area contributed by atoms with Crippen molar-refractivity contribution in [3.63, 3.8) is 0 Å². The summed E-state index contributed by atoms with van der Waals surface area (Å²) in [6.07, 6.45) is 2.91. The molecule has 6 heteroatoms. The van der Waals surface area contributed by atoms with Gasteiger partial charge in [0.1, 0.15) is 5.75 Å². The zero-order valence-electron chi connectivity index (χ0n) is 17.4. The Morgan fingerprint density at radius 3 is 2.83 bits per heavy atom. The van der Waals surface area contributed by atoms with Crippen LogP contribution in [0.2, 0.25) is 0 Å². The summed E-state index contributed by atoms with van der Waals surface area (Å²) in [7, 11) is 1.73. The molecule has 0 saturated carbocycles. The van der Waals surface area contributed by atoms with Crippen molar-refractivity contribution in [1.82, 2.24) is 14.9 Å².